The maximum Gasteiger partial charge on any atom is 0.246 e. The molecule has 0 unspecified atom stereocenters. The van der Waals surface area contributed by atoms with Crippen LogP contribution in [0.25, 0.3) is 17.0 Å². The smallest absolute Gasteiger partial charge is 0.246 e. The number of carbonyl (C=O) groups excluding carboxylic acids is 1. The SMILES string of the molecule is COc1ccc(/C=C/C(=O)N2CCN(c3cc(C)c4ccccc4n3)CC2)cc1. The Morgan fingerprint density at radius 3 is 2.48 bits per heavy atom. The third-order valence-electron chi connectivity index (χ3n) is 5.36. The van der Waals surface area contributed by atoms with E-state index in [1.54, 1.807) is 13.2 Å². The van der Waals surface area contributed by atoms with E-state index < -0.39 is 0 Å². The van der Waals surface area contributed by atoms with Crippen LogP contribution < -0.4 is 9.64 Å². The summed E-state index contributed by atoms with van der Waals surface area (Å²) in [5.74, 6) is 1.84. The third-order valence-corrected chi connectivity index (χ3v) is 5.36. The Kier molecular flexibility index (Phi) is 5.47. The highest BCUT2D eigenvalue weighted by Gasteiger charge is 2.21. The van der Waals surface area contributed by atoms with Crippen LogP contribution in [0.2, 0.25) is 0 Å². The van der Waals surface area contributed by atoms with E-state index in [2.05, 4.69) is 30.0 Å². The van der Waals surface area contributed by atoms with Crippen LogP contribution in [0.1, 0.15) is 11.1 Å². The Hall–Kier alpha value is -3.34. The molecular weight excluding hydrogens is 362 g/mol. The van der Waals surface area contributed by atoms with Gasteiger partial charge >= 0.3 is 0 Å². The minimum atomic E-state index is 0.0446. The molecule has 1 aromatic heterocycles. The monoisotopic (exact) mass is 387 g/mol. The van der Waals surface area contributed by atoms with Crippen LogP contribution in [-0.2, 0) is 4.79 Å². The van der Waals surface area contributed by atoms with Gasteiger partial charge in [-0.25, -0.2) is 4.98 Å². The Morgan fingerprint density at radius 2 is 1.76 bits per heavy atom. The van der Waals surface area contributed by atoms with Crippen molar-refractivity contribution in [1.82, 2.24) is 9.88 Å². The van der Waals surface area contributed by atoms with Gasteiger partial charge in [-0.05, 0) is 48.4 Å². The van der Waals surface area contributed by atoms with Gasteiger partial charge in [-0.3, -0.25) is 4.79 Å². The minimum absolute atomic E-state index is 0.0446. The van der Waals surface area contributed by atoms with Gasteiger partial charge in [0.25, 0.3) is 0 Å². The van der Waals surface area contributed by atoms with Gasteiger partial charge in [0.1, 0.15) is 11.6 Å². The maximum atomic E-state index is 12.5. The van der Waals surface area contributed by atoms with E-state index in [-0.39, 0.29) is 5.91 Å². The van der Waals surface area contributed by atoms with Crippen LogP contribution in [0.4, 0.5) is 5.82 Å². The van der Waals surface area contributed by atoms with E-state index in [1.165, 1.54) is 10.9 Å². The fourth-order valence-corrected chi connectivity index (χ4v) is 3.64. The van der Waals surface area contributed by atoms with E-state index in [0.717, 1.165) is 35.7 Å². The molecule has 1 aliphatic heterocycles. The largest absolute Gasteiger partial charge is 0.497 e. The second-order valence-corrected chi connectivity index (χ2v) is 7.23. The van der Waals surface area contributed by atoms with E-state index >= 15 is 0 Å². The quantitative estimate of drug-likeness (QED) is 0.637. The maximum absolute atomic E-state index is 12.5. The summed E-state index contributed by atoms with van der Waals surface area (Å²) in [5.41, 5.74) is 3.23. The summed E-state index contributed by atoms with van der Waals surface area (Å²) in [6.45, 7) is 5.08. The number of fused-ring (bicyclic) bond motifs is 1. The molecule has 0 spiro atoms. The standard InChI is InChI=1S/C24H25N3O2/c1-18-17-23(25-22-6-4-3-5-21(18)22)26-13-15-27(16-14-26)24(28)12-9-19-7-10-20(29-2)11-8-19/h3-12,17H,13-16H2,1-2H3/b12-9+. The fourth-order valence-electron chi connectivity index (χ4n) is 3.64. The van der Waals surface area contributed by atoms with Crippen molar-refractivity contribution in [2.45, 2.75) is 6.92 Å². The first kappa shape index (κ1) is 19.0. The molecule has 3 aromatic rings. The van der Waals surface area contributed by atoms with Gasteiger partial charge in [0.2, 0.25) is 5.91 Å². The molecule has 1 amide bonds. The molecule has 5 nitrogen and oxygen atoms in total. The van der Waals surface area contributed by atoms with Crippen molar-refractivity contribution in [3.05, 3.63) is 71.8 Å². The Labute approximate surface area is 171 Å². The number of ether oxygens (including phenoxy) is 1. The molecule has 1 aliphatic rings. The molecule has 1 saturated heterocycles. The molecule has 29 heavy (non-hydrogen) atoms. The van der Waals surface area contributed by atoms with Gasteiger partial charge in [-0.1, -0.05) is 30.3 Å². The van der Waals surface area contributed by atoms with Crippen molar-refractivity contribution in [1.29, 1.82) is 0 Å². The topological polar surface area (TPSA) is 45.7 Å². The summed E-state index contributed by atoms with van der Waals surface area (Å²) < 4.78 is 5.16. The molecule has 0 bridgehead atoms. The predicted octanol–water partition coefficient (Wildman–Crippen LogP) is 3.91. The fraction of sp³-hybridized carbons (Fsp3) is 0.250. The molecule has 0 radical (unpaired) electrons. The van der Waals surface area contributed by atoms with Crippen LogP contribution in [0.3, 0.4) is 0 Å². The number of hydrogen-bond acceptors (Lipinski definition) is 4. The lowest BCUT2D eigenvalue weighted by molar-refractivity contribution is -0.126. The molecule has 1 fully saturated rings. The first-order chi connectivity index (χ1) is 14.1. The van der Waals surface area contributed by atoms with Crippen LogP contribution in [0.15, 0.2) is 60.7 Å². The lowest BCUT2D eigenvalue weighted by Gasteiger charge is -2.35. The van der Waals surface area contributed by atoms with Gasteiger partial charge in [0.15, 0.2) is 0 Å². The molecule has 0 saturated carbocycles. The molecule has 2 heterocycles. The van der Waals surface area contributed by atoms with E-state index in [9.17, 15) is 4.79 Å². The van der Waals surface area contributed by atoms with Crippen LogP contribution in [-0.4, -0.2) is 49.1 Å². The summed E-state index contributed by atoms with van der Waals surface area (Å²) in [7, 11) is 1.64. The van der Waals surface area contributed by atoms with Gasteiger partial charge in [-0.2, -0.15) is 0 Å². The summed E-state index contributed by atoms with van der Waals surface area (Å²) in [4.78, 5) is 21.5. The molecule has 0 N–H and O–H groups in total. The zero-order valence-corrected chi connectivity index (χ0v) is 16.8. The number of anilines is 1. The highest BCUT2D eigenvalue weighted by atomic mass is 16.5. The van der Waals surface area contributed by atoms with Gasteiger partial charge in [-0.15, -0.1) is 0 Å². The lowest BCUT2D eigenvalue weighted by Crippen LogP contribution is -2.48. The summed E-state index contributed by atoms with van der Waals surface area (Å²) in [5, 5.41) is 1.19. The van der Waals surface area contributed by atoms with Crippen molar-refractivity contribution < 1.29 is 9.53 Å². The number of pyridine rings is 1. The lowest BCUT2D eigenvalue weighted by atomic mass is 10.1. The Balaban J connectivity index is 1.38. The molecule has 2 aromatic carbocycles. The van der Waals surface area contributed by atoms with Crippen molar-refractivity contribution in [2.75, 3.05) is 38.2 Å². The Morgan fingerprint density at radius 1 is 1.03 bits per heavy atom. The number of aromatic nitrogens is 1. The van der Waals surface area contributed by atoms with Crippen molar-refractivity contribution >= 4 is 28.7 Å². The minimum Gasteiger partial charge on any atom is -0.497 e. The van der Waals surface area contributed by atoms with Crippen molar-refractivity contribution in [3.63, 3.8) is 0 Å². The molecule has 0 atom stereocenters. The van der Waals surface area contributed by atoms with Crippen molar-refractivity contribution in [2.24, 2.45) is 0 Å². The number of carbonyl (C=O) groups is 1. The summed E-state index contributed by atoms with van der Waals surface area (Å²) in [6, 6.07) is 18.0. The van der Waals surface area contributed by atoms with Crippen LogP contribution >= 0.6 is 0 Å². The number of hydrogen-bond donors (Lipinski definition) is 0. The average Bonchev–Trinajstić information content (AvgIpc) is 2.78. The van der Waals surface area contributed by atoms with E-state index in [1.807, 2.05) is 47.4 Å². The van der Waals surface area contributed by atoms with Gasteiger partial charge in [0, 0.05) is 37.6 Å². The molecular formula is C24H25N3O2. The van der Waals surface area contributed by atoms with Crippen molar-refractivity contribution in [3.8, 4) is 5.75 Å². The number of aryl methyl sites for hydroxylation is 1. The molecule has 148 valence electrons. The highest BCUT2D eigenvalue weighted by Crippen LogP contribution is 2.23. The highest BCUT2D eigenvalue weighted by molar-refractivity contribution is 5.92. The predicted molar refractivity (Wildman–Crippen MR) is 117 cm³/mol. The van der Waals surface area contributed by atoms with E-state index in [4.69, 9.17) is 9.72 Å². The second kappa shape index (κ2) is 8.35. The number of nitrogens with zero attached hydrogens (tertiary/aromatic N) is 3. The molecule has 5 heteroatoms. The zero-order chi connectivity index (χ0) is 20.2. The first-order valence-electron chi connectivity index (χ1n) is 9.86. The van der Waals surface area contributed by atoms with Gasteiger partial charge in [0.05, 0.1) is 12.6 Å². The number of para-hydroxylation sites is 1. The number of methoxy groups -OCH3 is 1. The van der Waals surface area contributed by atoms with Crippen LogP contribution in [0, 0.1) is 6.92 Å². The number of benzene rings is 2. The summed E-state index contributed by atoms with van der Waals surface area (Å²) >= 11 is 0. The van der Waals surface area contributed by atoms with E-state index in [0.29, 0.717) is 13.1 Å². The molecule has 4 rings (SSSR count). The number of rotatable bonds is 4. The second-order valence-electron chi connectivity index (χ2n) is 7.23. The molecule has 0 aliphatic carbocycles. The normalized spacial score (nSPS) is 14.6. The Bertz CT molecular complexity index is 1040. The third kappa shape index (κ3) is 4.24. The first-order valence-corrected chi connectivity index (χ1v) is 9.86. The van der Waals surface area contributed by atoms with Gasteiger partial charge < -0.3 is 14.5 Å². The zero-order valence-electron chi connectivity index (χ0n) is 16.8. The number of piperazine rings is 1. The summed E-state index contributed by atoms with van der Waals surface area (Å²) in [6.07, 6.45) is 3.50. The average molecular weight is 387 g/mol. The van der Waals surface area contributed by atoms with Crippen LogP contribution in [0.5, 0.6) is 5.75 Å². The number of amides is 1.